The summed E-state index contributed by atoms with van der Waals surface area (Å²) in [5, 5.41) is 1.32. The van der Waals surface area contributed by atoms with E-state index in [0.29, 0.717) is 99.0 Å². The molecule has 10 aromatic carbocycles. The average molecular weight is 1430 g/mol. The van der Waals surface area contributed by atoms with Gasteiger partial charge in [-0.05, 0) is 183 Å². The minimum atomic E-state index is -5.16. The van der Waals surface area contributed by atoms with Gasteiger partial charge in [-0.25, -0.2) is 0 Å². The van der Waals surface area contributed by atoms with Crippen LogP contribution in [0.1, 0.15) is 144 Å². The lowest BCUT2D eigenvalue weighted by atomic mass is 9.66. The number of benzene rings is 10. The van der Waals surface area contributed by atoms with Crippen LogP contribution in [0.3, 0.4) is 0 Å². The van der Waals surface area contributed by atoms with E-state index in [1.54, 1.807) is 98.8 Å². The van der Waals surface area contributed by atoms with Gasteiger partial charge in [-0.15, -0.1) is 0 Å². The van der Waals surface area contributed by atoms with Crippen LogP contribution in [0.2, 0.25) is 0 Å². The van der Waals surface area contributed by atoms with Gasteiger partial charge in [-0.1, -0.05) is 165 Å². The number of para-hydroxylation sites is 2. The Labute approximate surface area is 590 Å². The van der Waals surface area contributed by atoms with E-state index in [2.05, 4.69) is 20.8 Å². The van der Waals surface area contributed by atoms with Crippen LogP contribution in [0.5, 0.6) is 46.0 Å². The van der Waals surface area contributed by atoms with Crippen molar-refractivity contribution in [2.45, 2.75) is 133 Å². The van der Waals surface area contributed by atoms with Gasteiger partial charge < -0.3 is 28.0 Å². The van der Waals surface area contributed by atoms with Crippen LogP contribution in [0.25, 0.3) is 22.3 Å². The molecule has 2 heterocycles. The number of carbonyl (C=O) groups is 2. The first kappa shape index (κ1) is 71.4. The lowest BCUT2D eigenvalue weighted by Crippen LogP contribution is -2.52. The maximum atomic E-state index is 16.4. The molecule has 20 heteroatoms. The Kier molecular flexibility index (Phi) is 19.2. The number of rotatable bonds is 24. The molecule has 0 fully saturated rings. The molecule has 0 radical (unpaired) electrons. The summed E-state index contributed by atoms with van der Waals surface area (Å²) in [5.74, 6) is 0.680. The summed E-state index contributed by atoms with van der Waals surface area (Å²) in [6.07, 6.45) is 2.83. The fraction of sp³-hybridized carbons (Fsp3) is 0.235. The molecule has 2 N–H and O–H groups in total. The highest BCUT2D eigenvalue weighted by atomic mass is 32.2. The van der Waals surface area contributed by atoms with Crippen molar-refractivity contribution in [3.05, 3.63) is 252 Å². The molecule has 0 aromatic heterocycles. The van der Waals surface area contributed by atoms with E-state index in [4.69, 9.17) is 28.0 Å². The smallest absolute Gasteiger partial charge is 0.311 e. The molecule has 2 aliphatic rings. The molecule has 101 heavy (non-hydrogen) atoms. The second-order valence-electron chi connectivity index (χ2n) is 26.7. The highest BCUT2D eigenvalue weighted by Gasteiger charge is 2.49. The van der Waals surface area contributed by atoms with Crippen LogP contribution in [0.4, 0.5) is 0 Å². The molecule has 0 aliphatic carbocycles. The van der Waals surface area contributed by atoms with Crippen molar-refractivity contribution in [2.24, 2.45) is 0 Å². The summed E-state index contributed by atoms with van der Waals surface area (Å²) in [6.45, 7) is 19.6. The second kappa shape index (κ2) is 27.2. The Morgan fingerprint density at radius 1 is 0.406 bits per heavy atom. The van der Waals surface area contributed by atoms with Crippen molar-refractivity contribution >= 4 is 67.8 Å². The van der Waals surface area contributed by atoms with Gasteiger partial charge in [-0.3, -0.25) is 27.8 Å². The molecule has 10 aromatic rings. The lowest BCUT2D eigenvalue weighted by molar-refractivity contribution is 0.00385. The average Bonchev–Trinajstić information content (AvgIpc) is 0.733. The lowest BCUT2D eigenvalue weighted by Gasteiger charge is -2.47. The van der Waals surface area contributed by atoms with Gasteiger partial charge in [0.05, 0.1) is 26.1 Å². The number of fused-ring (bicyclic) bond motifs is 6. The van der Waals surface area contributed by atoms with Crippen LogP contribution < -0.4 is 49.2 Å². The standard InChI is InChI=1S/C81H78O16P2S2/c1-11-78(6,7)64-44-36-54(48-74(64)100(86,87)88)77(83)55-37-45-69(75(49-55)101(89,90)91)93-59-43-47-68(73(51-59)99(85)71-31-23-19-27-63(71)61-25-17-21-29-66(61)97-99)95-81(10,15-5)80(9,14-4)56-38-32-52(33-39-56)76(82)53-34-40-57(41-35-53)92-58-42-46-67(94-79(8,12-2)13-3)72(50-58)98(84)70-30-22-18-26-62(70)60-24-16-20-28-65(60)96-98/h16-51H,11-15H2,1-10H3,(H,86,87,88)(H,89,90,91). The third-order valence-corrected chi connectivity index (χ3v) is 27.2. The molecule has 4 atom stereocenters. The van der Waals surface area contributed by atoms with E-state index in [0.717, 1.165) is 34.9 Å². The second-order valence-corrected chi connectivity index (χ2v) is 34.0. The van der Waals surface area contributed by atoms with Crippen LogP contribution in [-0.4, -0.2) is 48.7 Å². The minimum absolute atomic E-state index is 0.0556. The molecule has 0 amide bonds. The Balaban J connectivity index is 0.836. The van der Waals surface area contributed by atoms with Gasteiger partial charge in [-0.2, -0.15) is 16.8 Å². The van der Waals surface area contributed by atoms with E-state index in [-0.39, 0.29) is 39.3 Å². The topological polar surface area (TPSA) is 232 Å². The monoisotopic (exact) mass is 1430 g/mol. The van der Waals surface area contributed by atoms with Gasteiger partial charge in [0.1, 0.15) is 62.1 Å². The van der Waals surface area contributed by atoms with Crippen molar-refractivity contribution in [3.8, 4) is 68.2 Å². The maximum absolute atomic E-state index is 16.4. The Hall–Kier alpha value is -9.38. The third-order valence-electron chi connectivity index (χ3n) is 20.5. The normalized spacial score (nSPS) is 16.8. The van der Waals surface area contributed by atoms with E-state index in [1.807, 2.05) is 120 Å². The SMILES string of the molecule is CCC(C)(CC)Oc1ccc(Oc2ccc(C(=O)c3ccc(C(C)(CC)C(C)(CC)Oc4ccc(Oc5ccc(C(=O)c6ccc(C(C)(C)CC)c(S(=O)(=O)O)c6)cc5S(=O)(=O)O)cc4P4(=O)Oc5ccccc5-c5ccccc54)cc3)cc2)cc1P1(=O)Oc2ccccc2-c2ccccc21. The molecule has 2 aliphatic heterocycles. The zero-order valence-electron chi connectivity index (χ0n) is 57.6. The van der Waals surface area contributed by atoms with Crippen molar-refractivity contribution in [3.63, 3.8) is 0 Å². The number of hydrogen-bond donors (Lipinski definition) is 2. The molecule has 0 spiro atoms. The van der Waals surface area contributed by atoms with E-state index >= 15 is 9.13 Å². The van der Waals surface area contributed by atoms with Crippen LogP contribution in [-0.2, 0) is 40.2 Å². The summed E-state index contributed by atoms with van der Waals surface area (Å²) >= 11 is 0. The molecule has 4 unspecified atom stereocenters. The fourth-order valence-corrected chi connectivity index (χ4v) is 19.5. The molecule has 12 rings (SSSR count). The van der Waals surface area contributed by atoms with Gasteiger partial charge in [0, 0.05) is 38.8 Å². The van der Waals surface area contributed by atoms with Crippen LogP contribution in [0.15, 0.2) is 228 Å². The van der Waals surface area contributed by atoms with Gasteiger partial charge in [0.2, 0.25) is 0 Å². The molecule has 16 nitrogen and oxygen atoms in total. The first-order chi connectivity index (χ1) is 47.9. The summed E-state index contributed by atoms with van der Waals surface area (Å²) < 4.78 is 145. The van der Waals surface area contributed by atoms with Crippen LogP contribution in [0, 0.1) is 0 Å². The molecular formula is C81H78O16P2S2. The van der Waals surface area contributed by atoms with Crippen molar-refractivity contribution < 1.29 is 72.7 Å². The number of ketones is 2. The Morgan fingerprint density at radius 2 is 0.822 bits per heavy atom. The molecule has 0 saturated carbocycles. The summed E-state index contributed by atoms with van der Waals surface area (Å²) in [4.78, 5) is 27.2. The highest BCUT2D eigenvalue weighted by molar-refractivity contribution is 7.86. The highest BCUT2D eigenvalue weighted by Crippen LogP contribution is 2.58. The van der Waals surface area contributed by atoms with E-state index in [9.17, 15) is 35.5 Å². The van der Waals surface area contributed by atoms with E-state index in [1.165, 1.54) is 30.3 Å². The number of hydrogen-bond acceptors (Lipinski definition) is 14. The fourth-order valence-electron chi connectivity index (χ4n) is 13.1. The van der Waals surface area contributed by atoms with Gasteiger partial charge in [0.15, 0.2) is 11.6 Å². The van der Waals surface area contributed by atoms with E-state index < -0.39 is 78.3 Å². The number of carbonyl (C=O) groups excluding carboxylic acids is 2. The zero-order chi connectivity index (χ0) is 72.2. The molecule has 0 saturated heterocycles. The van der Waals surface area contributed by atoms with Crippen molar-refractivity contribution in [2.75, 3.05) is 0 Å². The largest absolute Gasteiger partial charge is 0.487 e. The Bertz CT molecular complexity index is 5260. The molecule has 520 valence electrons. The van der Waals surface area contributed by atoms with Crippen molar-refractivity contribution in [1.29, 1.82) is 0 Å². The summed E-state index contributed by atoms with van der Waals surface area (Å²) in [6, 6.07) is 60.5. The predicted molar refractivity (Wildman–Crippen MR) is 394 cm³/mol. The quantitative estimate of drug-likeness (QED) is 0.0325. The summed E-state index contributed by atoms with van der Waals surface area (Å²) in [7, 11) is -18.1. The van der Waals surface area contributed by atoms with Crippen LogP contribution >= 0.6 is 14.7 Å². The third kappa shape index (κ3) is 13.4. The predicted octanol–water partition coefficient (Wildman–Crippen LogP) is 18.4. The maximum Gasteiger partial charge on any atom is 0.311 e. The first-order valence-corrected chi connectivity index (χ1v) is 39.6. The molecule has 0 bridgehead atoms. The zero-order valence-corrected chi connectivity index (χ0v) is 61.1. The van der Waals surface area contributed by atoms with Gasteiger partial charge >= 0.3 is 14.7 Å². The first-order valence-electron chi connectivity index (χ1n) is 33.5. The molecular weight excluding hydrogens is 1350 g/mol. The number of ether oxygens (including phenoxy) is 4. The van der Waals surface area contributed by atoms with Crippen molar-refractivity contribution in [1.82, 2.24) is 0 Å². The Morgan fingerprint density at radius 3 is 1.31 bits per heavy atom. The van der Waals surface area contributed by atoms with Gasteiger partial charge in [0.25, 0.3) is 20.2 Å². The summed E-state index contributed by atoms with van der Waals surface area (Å²) in [5.41, 5.74) is 1.30. The minimum Gasteiger partial charge on any atom is -0.487 e.